The molecular weight excluding hydrogens is 340 g/mol. The number of carboxylic acids is 1. The van der Waals surface area contributed by atoms with E-state index in [0.29, 0.717) is 22.9 Å². The van der Waals surface area contributed by atoms with Crippen LogP contribution < -0.4 is 4.74 Å². The van der Waals surface area contributed by atoms with Gasteiger partial charge in [0.2, 0.25) is 0 Å². The third-order valence-electron chi connectivity index (χ3n) is 5.13. The van der Waals surface area contributed by atoms with E-state index in [4.69, 9.17) is 4.74 Å². The summed E-state index contributed by atoms with van der Waals surface area (Å²) in [6.45, 7) is 4.28. The molecule has 3 heterocycles. The number of amides is 1. The maximum absolute atomic E-state index is 13.0. The fourth-order valence-electron chi connectivity index (χ4n) is 3.87. The molecule has 1 unspecified atom stereocenters. The Kier molecular flexibility index (Phi) is 3.57. The van der Waals surface area contributed by atoms with Crippen molar-refractivity contribution in [3.8, 4) is 5.75 Å². The molecule has 0 bridgehead atoms. The summed E-state index contributed by atoms with van der Waals surface area (Å²) in [5, 5.41) is 10.8. The number of carbonyl (C=O) groups excluding carboxylic acids is 1. The van der Waals surface area contributed by atoms with Crippen LogP contribution in [-0.2, 0) is 4.79 Å². The highest BCUT2D eigenvalue weighted by molar-refractivity contribution is 7.13. The molecule has 0 radical (unpaired) electrons. The van der Waals surface area contributed by atoms with Gasteiger partial charge in [0.05, 0.1) is 10.7 Å². The first kappa shape index (κ1) is 16.1. The predicted octanol–water partition coefficient (Wildman–Crippen LogP) is 2.46. The average Bonchev–Trinajstić information content (AvgIpc) is 3.15. The van der Waals surface area contributed by atoms with Gasteiger partial charge in [-0.3, -0.25) is 9.59 Å². The molecule has 25 heavy (non-hydrogen) atoms. The molecule has 1 aromatic heterocycles. The maximum atomic E-state index is 13.0. The van der Waals surface area contributed by atoms with Gasteiger partial charge in [-0.1, -0.05) is 18.2 Å². The van der Waals surface area contributed by atoms with Crippen molar-refractivity contribution < 1.29 is 19.4 Å². The number of para-hydroxylation sites is 1. The van der Waals surface area contributed by atoms with Crippen molar-refractivity contribution in [2.45, 2.75) is 19.8 Å². The van der Waals surface area contributed by atoms with Crippen LogP contribution in [0.1, 0.15) is 31.9 Å². The minimum absolute atomic E-state index is 0.0779. The Morgan fingerprint density at radius 1 is 1.36 bits per heavy atom. The molecule has 2 aromatic rings. The van der Waals surface area contributed by atoms with Gasteiger partial charge in [0.15, 0.2) is 0 Å². The molecule has 4 rings (SSSR count). The molecule has 1 aromatic carbocycles. The van der Waals surface area contributed by atoms with Crippen molar-refractivity contribution in [2.75, 3.05) is 19.7 Å². The van der Waals surface area contributed by atoms with Crippen molar-refractivity contribution in [2.24, 2.45) is 5.41 Å². The number of fused-ring (bicyclic) bond motifs is 3. The quantitative estimate of drug-likeness (QED) is 0.892. The predicted molar refractivity (Wildman–Crippen MR) is 92.2 cm³/mol. The summed E-state index contributed by atoms with van der Waals surface area (Å²) in [6, 6.07) is 7.49. The van der Waals surface area contributed by atoms with Crippen LogP contribution in [0, 0.1) is 19.3 Å². The first-order valence-electron chi connectivity index (χ1n) is 8.11. The Morgan fingerprint density at radius 2 is 2.12 bits per heavy atom. The molecule has 130 valence electrons. The number of hydrogen-bond donors (Lipinski definition) is 1. The fourth-order valence-corrected chi connectivity index (χ4v) is 4.75. The second-order valence-electron chi connectivity index (χ2n) is 6.67. The second kappa shape index (κ2) is 5.56. The summed E-state index contributed by atoms with van der Waals surface area (Å²) in [5.41, 5.74) is 0.463. The molecule has 0 saturated carbocycles. The van der Waals surface area contributed by atoms with Crippen LogP contribution in [0.15, 0.2) is 24.3 Å². The number of ether oxygens (including phenoxy) is 1. The Labute approximate surface area is 149 Å². The molecule has 7 heteroatoms. The third-order valence-corrected chi connectivity index (χ3v) is 6.19. The number of carbonyl (C=O) groups is 2. The minimum atomic E-state index is -1.10. The number of likely N-dealkylation sites (tertiary alicyclic amines) is 1. The SMILES string of the molecule is Cc1nc(C)c(C(=O)N2CC3c4ccccc4OC[C@]3(C(=O)O)C2)s1. The monoisotopic (exact) mass is 358 g/mol. The van der Waals surface area contributed by atoms with E-state index in [1.807, 2.05) is 38.1 Å². The highest BCUT2D eigenvalue weighted by Gasteiger charge is 2.57. The smallest absolute Gasteiger partial charge is 0.315 e. The van der Waals surface area contributed by atoms with Crippen molar-refractivity contribution in [3.63, 3.8) is 0 Å². The van der Waals surface area contributed by atoms with E-state index in [2.05, 4.69) is 4.98 Å². The molecule has 0 aliphatic carbocycles. The first-order valence-corrected chi connectivity index (χ1v) is 8.92. The molecule has 1 amide bonds. The molecule has 2 aliphatic rings. The summed E-state index contributed by atoms with van der Waals surface area (Å²) < 4.78 is 5.74. The zero-order valence-corrected chi connectivity index (χ0v) is 14.8. The number of hydrogen-bond acceptors (Lipinski definition) is 5. The van der Waals surface area contributed by atoms with Gasteiger partial charge in [0.1, 0.15) is 22.6 Å². The number of benzene rings is 1. The van der Waals surface area contributed by atoms with Crippen molar-refractivity contribution in [3.05, 3.63) is 45.4 Å². The zero-order valence-electron chi connectivity index (χ0n) is 14.0. The fraction of sp³-hybridized carbons (Fsp3) is 0.389. The Bertz CT molecular complexity index is 878. The second-order valence-corrected chi connectivity index (χ2v) is 7.88. The van der Waals surface area contributed by atoms with Crippen LogP contribution >= 0.6 is 11.3 Å². The maximum Gasteiger partial charge on any atom is 0.315 e. The van der Waals surface area contributed by atoms with E-state index >= 15 is 0 Å². The summed E-state index contributed by atoms with van der Waals surface area (Å²) in [5.74, 6) is -0.619. The normalized spacial score (nSPS) is 24.4. The number of aliphatic carboxylic acids is 1. The molecule has 2 aliphatic heterocycles. The number of rotatable bonds is 2. The molecule has 1 N–H and O–H groups in total. The third kappa shape index (κ3) is 2.33. The lowest BCUT2D eigenvalue weighted by Gasteiger charge is -2.35. The Hall–Kier alpha value is -2.41. The van der Waals surface area contributed by atoms with E-state index in [1.54, 1.807) is 4.90 Å². The number of carboxylic acid groups (broad SMARTS) is 1. The summed E-state index contributed by atoms with van der Waals surface area (Å²) in [4.78, 5) is 31.6. The standard InChI is InChI=1S/C18H18N2O4S/c1-10-15(25-11(2)19-10)16(21)20-7-13-12-5-3-4-6-14(12)24-9-18(13,8-20)17(22)23/h3-6,13H,7-9H2,1-2H3,(H,22,23)/t13?,18-/m1/s1. The Balaban J connectivity index is 1.73. The van der Waals surface area contributed by atoms with Gasteiger partial charge < -0.3 is 14.7 Å². The van der Waals surface area contributed by atoms with Gasteiger partial charge in [-0.2, -0.15) is 0 Å². The number of aryl methyl sites for hydroxylation is 2. The molecule has 0 spiro atoms. The molecule has 6 nitrogen and oxygen atoms in total. The highest BCUT2D eigenvalue weighted by atomic mass is 32.1. The minimum Gasteiger partial charge on any atom is -0.492 e. The van der Waals surface area contributed by atoms with Gasteiger partial charge in [-0.25, -0.2) is 4.98 Å². The lowest BCUT2D eigenvalue weighted by Crippen LogP contribution is -2.46. The summed E-state index contributed by atoms with van der Waals surface area (Å²) in [7, 11) is 0. The topological polar surface area (TPSA) is 79.7 Å². The van der Waals surface area contributed by atoms with Crippen LogP contribution in [0.3, 0.4) is 0 Å². The van der Waals surface area contributed by atoms with Crippen LogP contribution in [-0.4, -0.2) is 46.6 Å². The number of thiazole rings is 1. The molecule has 2 atom stereocenters. The summed E-state index contributed by atoms with van der Waals surface area (Å²) in [6.07, 6.45) is 0. The number of nitrogens with zero attached hydrogens (tertiary/aromatic N) is 2. The van der Waals surface area contributed by atoms with E-state index < -0.39 is 11.4 Å². The van der Waals surface area contributed by atoms with Crippen molar-refractivity contribution in [1.29, 1.82) is 0 Å². The van der Waals surface area contributed by atoms with Crippen LogP contribution in [0.5, 0.6) is 5.75 Å². The van der Waals surface area contributed by atoms with Gasteiger partial charge in [0.25, 0.3) is 5.91 Å². The van der Waals surface area contributed by atoms with Crippen LogP contribution in [0.25, 0.3) is 0 Å². The van der Waals surface area contributed by atoms with Crippen molar-refractivity contribution >= 4 is 23.2 Å². The molecule has 1 fully saturated rings. The van der Waals surface area contributed by atoms with Crippen LogP contribution in [0.2, 0.25) is 0 Å². The zero-order chi connectivity index (χ0) is 17.8. The lowest BCUT2D eigenvalue weighted by molar-refractivity contribution is -0.151. The van der Waals surface area contributed by atoms with E-state index in [-0.39, 0.29) is 25.0 Å². The van der Waals surface area contributed by atoms with E-state index in [9.17, 15) is 14.7 Å². The largest absolute Gasteiger partial charge is 0.492 e. The van der Waals surface area contributed by atoms with Gasteiger partial charge in [-0.05, 0) is 19.9 Å². The van der Waals surface area contributed by atoms with Gasteiger partial charge >= 0.3 is 5.97 Å². The number of aromatic nitrogens is 1. The average molecular weight is 358 g/mol. The van der Waals surface area contributed by atoms with Gasteiger partial charge in [-0.15, -0.1) is 11.3 Å². The highest BCUT2D eigenvalue weighted by Crippen LogP contribution is 2.50. The Morgan fingerprint density at radius 3 is 2.80 bits per heavy atom. The lowest BCUT2D eigenvalue weighted by atomic mass is 9.73. The van der Waals surface area contributed by atoms with E-state index in [0.717, 1.165) is 10.6 Å². The van der Waals surface area contributed by atoms with Crippen LogP contribution in [0.4, 0.5) is 0 Å². The molecule has 1 saturated heterocycles. The molecular formula is C18H18N2O4S. The van der Waals surface area contributed by atoms with Gasteiger partial charge in [0, 0.05) is 24.6 Å². The van der Waals surface area contributed by atoms with Crippen molar-refractivity contribution in [1.82, 2.24) is 9.88 Å². The summed E-state index contributed by atoms with van der Waals surface area (Å²) >= 11 is 1.35. The first-order chi connectivity index (χ1) is 11.9. The van der Waals surface area contributed by atoms with E-state index in [1.165, 1.54) is 11.3 Å².